The molecule has 0 fully saturated rings. The lowest BCUT2D eigenvalue weighted by atomic mass is 10.00. The summed E-state index contributed by atoms with van der Waals surface area (Å²) in [5.41, 5.74) is 4.86. The number of aromatic nitrogens is 2. The normalized spacial score (nSPS) is 14.1. The molecule has 0 spiro atoms. The summed E-state index contributed by atoms with van der Waals surface area (Å²) in [5, 5.41) is 4.81. The summed E-state index contributed by atoms with van der Waals surface area (Å²) in [7, 11) is 1.90. The number of nitrogens with one attached hydrogen (secondary N) is 1. The van der Waals surface area contributed by atoms with Crippen molar-refractivity contribution in [3.63, 3.8) is 0 Å². The molecule has 1 aliphatic heterocycles. The zero-order valence-electron chi connectivity index (χ0n) is 20.2. The van der Waals surface area contributed by atoms with Crippen LogP contribution < -0.4 is 10.9 Å². The first-order valence-electron chi connectivity index (χ1n) is 12.1. The van der Waals surface area contributed by atoms with Crippen LogP contribution in [0.2, 0.25) is 0 Å². The van der Waals surface area contributed by atoms with E-state index in [1.54, 1.807) is 10.8 Å². The third-order valence-electron chi connectivity index (χ3n) is 6.85. The highest BCUT2D eigenvalue weighted by molar-refractivity contribution is 6.17. The van der Waals surface area contributed by atoms with Crippen molar-refractivity contribution in [3.8, 4) is 0 Å². The van der Waals surface area contributed by atoms with Crippen molar-refractivity contribution in [2.45, 2.75) is 33.4 Å². The minimum absolute atomic E-state index is 0.0501. The monoisotopic (exact) mass is 456 g/mol. The van der Waals surface area contributed by atoms with Crippen LogP contribution in [0.25, 0.3) is 21.8 Å². The molecule has 34 heavy (non-hydrogen) atoms. The molecular formula is C28H32N4O2. The van der Waals surface area contributed by atoms with Gasteiger partial charge in [-0.15, -0.1) is 0 Å². The smallest absolute Gasteiger partial charge is 0.275 e. The number of benzene rings is 2. The molecule has 0 aliphatic carbocycles. The number of aryl methyl sites for hydroxylation is 1. The Kier molecular flexibility index (Phi) is 6.00. The van der Waals surface area contributed by atoms with Crippen LogP contribution in [-0.2, 0) is 26.6 Å². The van der Waals surface area contributed by atoms with Crippen molar-refractivity contribution in [3.05, 3.63) is 81.8 Å². The second-order valence-electron chi connectivity index (χ2n) is 9.74. The average molecular weight is 457 g/mol. The third kappa shape index (κ3) is 4.03. The lowest BCUT2D eigenvalue weighted by Crippen LogP contribution is -2.38. The highest BCUT2D eigenvalue weighted by atomic mass is 16.2. The minimum Gasteiger partial charge on any atom is -0.351 e. The lowest BCUT2D eigenvalue weighted by Gasteiger charge is -2.28. The molecule has 2 aromatic heterocycles. The molecule has 4 aromatic rings. The van der Waals surface area contributed by atoms with Crippen LogP contribution in [0.5, 0.6) is 0 Å². The largest absolute Gasteiger partial charge is 0.351 e. The van der Waals surface area contributed by atoms with Gasteiger partial charge in [-0.3, -0.25) is 14.5 Å². The number of pyridine rings is 1. The highest BCUT2D eigenvalue weighted by Crippen LogP contribution is 2.29. The molecule has 6 heteroatoms. The molecule has 2 aromatic carbocycles. The van der Waals surface area contributed by atoms with Crippen molar-refractivity contribution in [2.75, 3.05) is 19.6 Å². The maximum absolute atomic E-state index is 13.4. The van der Waals surface area contributed by atoms with Gasteiger partial charge in [-0.2, -0.15) is 0 Å². The molecule has 0 saturated carbocycles. The Morgan fingerprint density at radius 2 is 1.79 bits per heavy atom. The minimum atomic E-state index is -0.128. The van der Waals surface area contributed by atoms with Crippen LogP contribution in [-0.4, -0.2) is 39.6 Å². The third-order valence-corrected chi connectivity index (χ3v) is 6.85. The van der Waals surface area contributed by atoms with Gasteiger partial charge in [-0.1, -0.05) is 56.3 Å². The SMILES string of the molecule is CC(C)Cn1cc(C(=O)NCCN2CCc3ccccc3C2)c2c3ccccc3n(C)c2c1=O. The van der Waals surface area contributed by atoms with Gasteiger partial charge in [0.2, 0.25) is 0 Å². The molecule has 0 unspecified atom stereocenters. The molecule has 0 radical (unpaired) electrons. The van der Waals surface area contributed by atoms with Crippen molar-refractivity contribution in [1.29, 1.82) is 0 Å². The van der Waals surface area contributed by atoms with Crippen LogP contribution in [0.15, 0.2) is 59.5 Å². The fraction of sp³-hybridized carbons (Fsp3) is 0.357. The van der Waals surface area contributed by atoms with Crippen molar-refractivity contribution in [1.82, 2.24) is 19.4 Å². The van der Waals surface area contributed by atoms with E-state index in [4.69, 9.17) is 0 Å². The first-order valence-corrected chi connectivity index (χ1v) is 12.1. The maximum Gasteiger partial charge on any atom is 0.275 e. The second-order valence-corrected chi connectivity index (χ2v) is 9.74. The molecule has 6 nitrogen and oxygen atoms in total. The first kappa shape index (κ1) is 22.4. The van der Waals surface area contributed by atoms with E-state index in [2.05, 4.69) is 48.3 Å². The van der Waals surface area contributed by atoms with E-state index >= 15 is 0 Å². The average Bonchev–Trinajstić information content (AvgIpc) is 3.13. The second kappa shape index (κ2) is 9.11. The summed E-state index contributed by atoms with van der Waals surface area (Å²) in [6, 6.07) is 16.5. The van der Waals surface area contributed by atoms with Gasteiger partial charge < -0.3 is 14.5 Å². The number of carbonyl (C=O) groups is 1. The number of nitrogens with zero attached hydrogens (tertiary/aromatic N) is 3. The summed E-state index contributed by atoms with van der Waals surface area (Å²) in [4.78, 5) is 29.2. The number of hydrogen-bond donors (Lipinski definition) is 1. The molecular weight excluding hydrogens is 424 g/mol. The number of amides is 1. The number of fused-ring (bicyclic) bond motifs is 4. The van der Waals surface area contributed by atoms with Crippen LogP contribution in [0.4, 0.5) is 0 Å². The topological polar surface area (TPSA) is 59.3 Å². The van der Waals surface area contributed by atoms with Crippen LogP contribution in [0.1, 0.15) is 35.3 Å². The van der Waals surface area contributed by atoms with Gasteiger partial charge in [-0.25, -0.2) is 0 Å². The Labute approximate surface area is 199 Å². The fourth-order valence-corrected chi connectivity index (χ4v) is 5.20. The van der Waals surface area contributed by atoms with E-state index in [1.807, 2.05) is 35.9 Å². The Morgan fingerprint density at radius 3 is 2.59 bits per heavy atom. The van der Waals surface area contributed by atoms with Gasteiger partial charge in [0.05, 0.1) is 5.56 Å². The van der Waals surface area contributed by atoms with E-state index in [0.29, 0.717) is 30.1 Å². The van der Waals surface area contributed by atoms with Crippen molar-refractivity contribution >= 4 is 27.7 Å². The molecule has 0 atom stereocenters. The van der Waals surface area contributed by atoms with E-state index < -0.39 is 0 Å². The summed E-state index contributed by atoms with van der Waals surface area (Å²) >= 11 is 0. The fourth-order valence-electron chi connectivity index (χ4n) is 5.20. The van der Waals surface area contributed by atoms with Gasteiger partial charge in [0.15, 0.2) is 0 Å². The Hall–Kier alpha value is -3.38. The van der Waals surface area contributed by atoms with E-state index in [-0.39, 0.29) is 11.5 Å². The summed E-state index contributed by atoms with van der Waals surface area (Å²) in [5.74, 6) is 0.166. The predicted octanol–water partition coefficient (Wildman–Crippen LogP) is 3.94. The molecule has 3 heterocycles. The first-order chi connectivity index (χ1) is 16.4. The Bertz CT molecular complexity index is 1430. The molecule has 1 N–H and O–H groups in total. The van der Waals surface area contributed by atoms with Gasteiger partial charge >= 0.3 is 0 Å². The maximum atomic E-state index is 13.4. The van der Waals surface area contributed by atoms with Gasteiger partial charge in [0, 0.05) is 62.3 Å². The van der Waals surface area contributed by atoms with Gasteiger partial charge in [0.1, 0.15) is 5.52 Å². The van der Waals surface area contributed by atoms with E-state index in [0.717, 1.165) is 42.3 Å². The number of para-hydroxylation sites is 1. The molecule has 5 rings (SSSR count). The molecule has 0 saturated heterocycles. The summed E-state index contributed by atoms with van der Waals surface area (Å²) < 4.78 is 3.62. The lowest BCUT2D eigenvalue weighted by molar-refractivity contribution is 0.0948. The zero-order valence-corrected chi connectivity index (χ0v) is 20.2. The van der Waals surface area contributed by atoms with Crippen molar-refractivity contribution in [2.24, 2.45) is 13.0 Å². The molecule has 1 aliphatic rings. The number of hydrogen-bond acceptors (Lipinski definition) is 3. The number of rotatable bonds is 6. The van der Waals surface area contributed by atoms with Crippen LogP contribution in [0, 0.1) is 5.92 Å². The quantitative estimate of drug-likeness (QED) is 0.478. The summed E-state index contributed by atoms with van der Waals surface area (Å²) in [6.45, 7) is 8.01. The van der Waals surface area contributed by atoms with E-state index in [9.17, 15) is 9.59 Å². The van der Waals surface area contributed by atoms with Gasteiger partial charge in [-0.05, 0) is 29.5 Å². The molecule has 176 valence electrons. The van der Waals surface area contributed by atoms with Crippen LogP contribution in [0.3, 0.4) is 0 Å². The number of carbonyl (C=O) groups excluding carboxylic acids is 1. The van der Waals surface area contributed by atoms with Crippen LogP contribution >= 0.6 is 0 Å². The molecule has 0 bridgehead atoms. The Morgan fingerprint density at radius 1 is 1.06 bits per heavy atom. The predicted molar refractivity (Wildman–Crippen MR) is 137 cm³/mol. The Balaban J connectivity index is 1.43. The van der Waals surface area contributed by atoms with E-state index in [1.165, 1.54) is 11.1 Å². The zero-order chi connectivity index (χ0) is 23.8. The standard InChI is InChI=1S/C28H32N4O2/c1-19(2)16-32-18-23(25-22-10-6-7-11-24(22)30(3)26(25)28(32)34)27(33)29-13-15-31-14-12-20-8-4-5-9-21(20)17-31/h4-11,18-19H,12-17H2,1-3H3,(H,29,33). The molecule has 1 amide bonds. The van der Waals surface area contributed by atoms with Gasteiger partial charge in [0.25, 0.3) is 11.5 Å². The van der Waals surface area contributed by atoms with Crippen molar-refractivity contribution < 1.29 is 4.79 Å². The summed E-state index contributed by atoms with van der Waals surface area (Å²) in [6.07, 6.45) is 2.80. The highest BCUT2D eigenvalue weighted by Gasteiger charge is 2.22.